The predicted molar refractivity (Wildman–Crippen MR) is 46.9 cm³/mol. The van der Waals surface area contributed by atoms with E-state index in [2.05, 4.69) is 20.3 Å². The first-order chi connectivity index (χ1) is 6.33. The summed E-state index contributed by atoms with van der Waals surface area (Å²) in [7, 11) is 1.81. The molecule has 0 aliphatic rings. The molecule has 72 valence electrons. The summed E-state index contributed by atoms with van der Waals surface area (Å²) in [6, 6.07) is 1.72. The molecule has 0 radical (unpaired) electrons. The quantitative estimate of drug-likeness (QED) is 0.669. The lowest BCUT2D eigenvalue weighted by atomic mass is 10.3. The molecule has 1 aromatic rings. The summed E-state index contributed by atoms with van der Waals surface area (Å²) >= 11 is 0. The number of nitrogens with one attached hydrogen (secondary N) is 2. The molecule has 1 heterocycles. The van der Waals surface area contributed by atoms with Gasteiger partial charge in [-0.1, -0.05) is 5.16 Å². The summed E-state index contributed by atoms with van der Waals surface area (Å²) in [5.41, 5.74) is 0.734. The average molecular weight is 183 g/mol. The third-order valence-electron chi connectivity index (χ3n) is 1.56. The molecule has 5 nitrogen and oxygen atoms in total. The van der Waals surface area contributed by atoms with Gasteiger partial charge >= 0.3 is 0 Å². The van der Waals surface area contributed by atoms with Crippen LogP contribution >= 0.6 is 0 Å². The van der Waals surface area contributed by atoms with E-state index in [9.17, 15) is 4.79 Å². The van der Waals surface area contributed by atoms with Crippen molar-refractivity contribution in [3.63, 3.8) is 0 Å². The van der Waals surface area contributed by atoms with Gasteiger partial charge in [0.1, 0.15) is 12.0 Å². The highest BCUT2D eigenvalue weighted by Crippen LogP contribution is 1.92. The van der Waals surface area contributed by atoms with Crippen molar-refractivity contribution < 1.29 is 9.32 Å². The molecule has 13 heavy (non-hydrogen) atoms. The summed E-state index contributed by atoms with van der Waals surface area (Å²) < 4.78 is 4.61. The normalized spacial score (nSPS) is 9.92. The van der Waals surface area contributed by atoms with E-state index in [-0.39, 0.29) is 5.91 Å². The predicted octanol–water partition coefficient (Wildman–Crippen LogP) is -0.0997. The Morgan fingerprint density at radius 3 is 3.15 bits per heavy atom. The van der Waals surface area contributed by atoms with Crippen LogP contribution in [0, 0.1) is 0 Å². The van der Waals surface area contributed by atoms with E-state index in [0.717, 1.165) is 5.69 Å². The second kappa shape index (κ2) is 5.31. The molecule has 0 saturated heterocycles. The molecule has 0 spiro atoms. The van der Waals surface area contributed by atoms with Crippen molar-refractivity contribution in [1.82, 2.24) is 15.8 Å². The SMILES string of the molecule is CNCCC(=O)NCc1ccon1. The first-order valence-corrected chi connectivity index (χ1v) is 4.13. The molecule has 2 N–H and O–H groups in total. The maximum atomic E-state index is 11.1. The van der Waals surface area contributed by atoms with Crippen LogP contribution in [0.2, 0.25) is 0 Å². The molecule has 0 unspecified atom stereocenters. The second-order valence-corrected chi connectivity index (χ2v) is 2.62. The lowest BCUT2D eigenvalue weighted by Crippen LogP contribution is -2.26. The maximum Gasteiger partial charge on any atom is 0.221 e. The first-order valence-electron chi connectivity index (χ1n) is 4.13. The van der Waals surface area contributed by atoms with Crippen LogP contribution in [0.4, 0.5) is 0 Å². The van der Waals surface area contributed by atoms with E-state index in [4.69, 9.17) is 0 Å². The number of aromatic nitrogens is 1. The Kier molecular flexibility index (Phi) is 3.98. The summed E-state index contributed by atoms with van der Waals surface area (Å²) in [5, 5.41) is 9.28. The van der Waals surface area contributed by atoms with Crippen molar-refractivity contribution in [3.8, 4) is 0 Å². The van der Waals surface area contributed by atoms with Crippen LogP contribution in [0.15, 0.2) is 16.9 Å². The van der Waals surface area contributed by atoms with Crippen LogP contribution in [0.1, 0.15) is 12.1 Å². The molecule has 0 atom stereocenters. The van der Waals surface area contributed by atoms with Crippen molar-refractivity contribution >= 4 is 5.91 Å². The molecule has 1 amide bonds. The molecular formula is C8H13N3O2. The highest BCUT2D eigenvalue weighted by Gasteiger charge is 2.01. The molecule has 0 aliphatic carbocycles. The van der Waals surface area contributed by atoms with Gasteiger partial charge in [0, 0.05) is 19.0 Å². The monoisotopic (exact) mass is 183 g/mol. The van der Waals surface area contributed by atoms with Gasteiger partial charge in [-0.05, 0) is 7.05 Å². The standard InChI is InChI=1S/C8H13N3O2/c1-9-4-2-8(12)10-6-7-3-5-13-11-7/h3,5,9H,2,4,6H2,1H3,(H,10,12). The fourth-order valence-electron chi connectivity index (χ4n) is 0.845. The summed E-state index contributed by atoms with van der Waals surface area (Å²) in [5.74, 6) is 0.0114. The molecule has 0 aromatic carbocycles. The fourth-order valence-corrected chi connectivity index (χ4v) is 0.845. The Bertz CT molecular complexity index is 246. The van der Waals surface area contributed by atoms with E-state index in [1.54, 1.807) is 6.07 Å². The minimum Gasteiger partial charge on any atom is -0.364 e. The molecule has 0 bridgehead atoms. The largest absolute Gasteiger partial charge is 0.364 e. The number of hydrogen-bond acceptors (Lipinski definition) is 4. The van der Waals surface area contributed by atoms with Gasteiger partial charge in [-0.3, -0.25) is 4.79 Å². The van der Waals surface area contributed by atoms with Crippen molar-refractivity contribution in [3.05, 3.63) is 18.0 Å². The number of amides is 1. The lowest BCUT2D eigenvalue weighted by molar-refractivity contribution is -0.121. The van der Waals surface area contributed by atoms with Gasteiger partial charge < -0.3 is 15.2 Å². The van der Waals surface area contributed by atoms with E-state index in [0.29, 0.717) is 19.5 Å². The Morgan fingerprint density at radius 2 is 2.54 bits per heavy atom. The van der Waals surface area contributed by atoms with Crippen LogP contribution in [0.5, 0.6) is 0 Å². The Morgan fingerprint density at radius 1 is 1.69 bits per heavy atom. The van der Waals surface area contributed by atoms with Crippen LogP contribution in [0.25, 0.3) is 0 Å². The molecular weight excluding hydrogens is 170 g/mol. The second-order valence-electron chi connectivity index (χ2n) is 2.62. The summed E-state index contributed by atoms with van der Waals surface area (Å²) in [6.07, 6.45) is 1.96. The van der Waals surface area contributed by atoms with Gasteiger partial charge in [0.25, 0.3) is 0 Å². The van der Waals surface area contributed by atoms with E-state index in [1.165, 1.54) is 6.26 Å². The zero-order chi connectivity index (χ0) is 9.52. The molecule has 0 saturated carbocycles. The highest BCUT2D eigenvalue weighted by atomic mass is 16.5. The van der Waals surface area contributed by atoms with Gasteiger partial charge in [-0.15, -0.1) is 0 Å². The topological polar surface area (TPSA) is 67.2 Å². The minimum absolute atomic E-state index is 0.0114. The van der Waals surface area contributed by atoms with Crippen molar-refractivity contribution in [1.29, 1.82) is 0 Å². The van der Waals surface area contributed by atoms with Gasteiger partial charge in [0.15, 0.2) is 0 Å². The molecule has 5 heteroatoms. The van der Waals surface area contributed by atoms with Crippen LogP contribution in [0.3, 0.4) is 0 Å². The first kappa shape index (κ1) is 9.73. The average Bonchev–Trinajstić information content (AvgIpc) is 2.64. The third kappa shape index (κ3) is 3.71. The van der Waals surface area contributed by atoms with Crippen molar-refractivity contribution in [2.45, 2.75) is 13.0 Å². The van der Waals surface area contributed by atoms with Gasteiger partial charge in [-0.25, -0.2) is 0 Å². The van der Waals surface area contributed by atoms with Crippen LogP contribution in [-0.2, 0) is 11.3 Å². The number of rotatable bonds is 5. The Balaban J connectivity index is 2.15. The number of carbonyl (C=O) groups is 1. The number of nitrogens with zero attached hydrogens (tertiary/aromatic N) is 1. The lowest BCUT2D eigenvalue weighted by Gasteiger charge is -2.01. The van der Waals surface area contributed by atoms with E-state index < -0.39 is 0 Å². The molecule has 1 aromatic heterocycles. The maximum absolute atomic E-state index is 11.1. The minimum atomic E-state index is 0.0114. The molecule has 0 fully saturated rings. The molecule has 0 aliphatic heterocycles. The third-order valence-corrected chi connectivity index (χ3v) is 1.56. The smallest absolute Gasteiger partial charge is 0.221 e. The van der Waals surface area contributed by atoms with Gasteiger partial charge in [0.05, 0.1) is 6.54 Å². The molecule has 1 rings (SSSR count). The fraction of sp³-hybridized carbons (Fsp3) is 0.500. The van der Waals surface area contributed by atoms with Crippen LogP contribution < -0.4 is 10.6 Å². The highest BCUT2D eigenvalue weighted by molar-refractivity contribution is 5.75. The van der Waals surface area contributed by atoms with Crippen molar-refractivity contribution in [2.75, 3.05) is 13.6 Å². The zero-order valence-corrected chi connectivity index (χ0v) is 7.54. The van der Waals surface area contributed by atoms with Gasteiger partial charge in [0.2, 0.25) is 5.91 Å². The van der Waals surface area contributed by atoms with Crippen LogP contribution in [-0.4, -0.2) is 24.7 Å². The van der Waals surface area contributed by atoms with E-state index in [1.807, 2.05) is 7.05 Å². The summed E-state index contributed by atoms with van der Waals surface area (Å²) in [6.45, 7) is 1.11. The van der Waals surface area contributed by atoms with Crippen molar-refractivity contribution in [2.24, 2.45) is 0 Å². The number of hydrogen-bond donors (Lipinski definition) is 2. The zero-order valence-electron chi connectivity index (χ0n) is 7.54. The Hall–Kier alpha value is -1.36. The van der Waals surface area contributed by atoms with E-state index >= 15 is 0 Å². The summed E-state index contributed by atoms with van der Waals surface area (Å²) in [4.78, 5) is 11.1. The Labute approximate surface area is 76.5 Å². The van der Waals surface area contributed by atoms with Gasteiger partial charge in [-0.2, -0.15) is 0 Å². The number of carbonyl (C=O) groups excluding carboxylic acids is 1.